The molecule has 0 fully saturated rings. The Bertz CT molecular complexity index is 300. The molecule has 0 saturated heterocycles. The first-order valence-electron chi connectivity index (χ1n) is 3.45. The van der Waals surface area contributed by atoms with E-state index in [-0.39, 0.29) is 5.88 Å². The van der Waals surface area contributed by atoms with Crippen LogP contribution in [-0.2, 0) is 10.7 Å². The average Bonchev–Trinajstić information content (AvgIpc) is 2.05. The summed E-state index contributed by atoms with van der Waals surface area (Å²) < 4.78 is 20.7. The number of hydrogen-bond donors (Lipinski definition) is 1. The number of hydrogen-bond acceptors (Lipinski definition) is 3. The lowest BCUT2D eigenvalue weighted by Crippen LogP contribution is -2.16. The molecule has 0 N–H and O–H groups in total. The molecular weight excluding hydrogens is 174 g/mol. The third kappa shape index (κ3) is 2.54. The van der Waals surface area contributed by atoms with Gasteiger partial charge in [0.15, 0.2) is 10.7 Å². The number of thiol groups is 1. The zero-order chi connectivity index (χ0) is 8.97. The first-order chi connectivity index (χ1) is 5.70. The first-order valence-corrected chi connectivity index (χ1v) is 4.81. The molecule has 0 aliphatic heterocycles. The number of anilines is 1. The molecule has 3 nitrogen and oxygen atoms in total. The van der Waals surface area contributed by atoms with Gasteiger partial charge in [-0.15, -0.1) is 0 Å². The molecule has 4 heteroatoms. The normalized spacial score (nSPS) is 10.2. The highest BCUT2D eigenvalue weighted by Crippen LogP contribution is 2.10. The maximum Gasteiger partial charge on any atom is 0.158 e. The summed E-state index contributed by atoms with van der Waals surface area (Å²) in [6.45, 7) is 0. The van der Waals surface area contributed by atoms with Crippen molar-refractivity contribution >= 4 is 16.4 Å². The van der Waals surface area contributed by atoms with Gasteiger partial charge in [-0.3, -0.25) is 0 Å². The van der Waals surface area contributed by atoms with Gasteiger partial charge in [-0.2, -0.15) is 0 Å². The third-order valence-electron chi connectivity index (χ3n) is 1.41. The topological polar surface area (TPSA) is 37.4 Å². The smallest absolute Gasteiger partial charge is 0.158 e. The van der Waals surface area contributed by atoms with E-state index < -0.39 is 10.7 Å². The van der Waals surface area contributed by atoms with Crippen molar-refractivity contribution in [2.75, 3.05) is 10.8 Å². The molecule has 0 aromatic heterocycles. The Morgan fingerprint density at radius 1 is 1.25 bits per heavy atom. The zero-order valence-electron chi connectivity index (χ0n) is 6.51. The number of nitrogens with zero attached hydrogens (tertiary/aromatic N) is 1. The van der Waals surface area contributed by atoms with E-state index in [2.05, 4.69) is 7.05 Å². The molecule has 0 bridgehead atoms. The summed E-state index contributed by atoms with van der Waals surface area (Å²) in [4.78, 5) is 1.44. The summed E-state index contributed by atoms with van der Waals surface area (Å²) in [5.74, 6) is -0.0423. The van der Waals surface area contributed by atoms with Crippen LogP contribution in [0.25, 0.3) is 0 Å². The van der Waals surface area contributed by atoms with Gasteiger partial charge >= 0.3 is 0 Å². The minimum Gasteiger partial charge on any atom is -0.356 e. The minimum atomic E-state index is -2.40. The largest absolute Gasteiger partial charge is 0.356 e. The predicted molar refractivity (Wildman–Crippen MR) is 49.5 cm³/mol. The van der Waals surface area contributed by atoms with Crippen LogP contribution in [0.5, 0.6) is 0 Å². The fourth-order valence-electron chi connectivity index (χ4n) is 0.860. The van der Waals surface area contributed by atoms with Gasteiger partial charge in [-0.25, -0.2) is 8.42 Å². The highest BCUT2D eigenvalue weighted by molar-refractivity contribution is 7.72. The molecule has 1 rings (SSSR count). The van der Waals surface area contributed by atoms with E-state index in [0.717, 1.165) is 5.69 Å². The van der Waals surface area contributed by atoms with Crippen molar-refractivity contribution in [1.82, 2.24) is 0 Å². The molecule has 65 valence electrons. The Morgan fingerprint density at radius 2 is 1.83 bits per heavy atom. The SMILES string of the molecule is [CH2]N(C[SH](=O)=O)c1ccccc1. The Morgan fingerprint density at radius 3 is 2.33 bits per heavy atom. The van der Waals surface area contributed by atoms with Gasteiger partial charge in [-0.1, -0.05) is 18.2 Å². The van der Waals surface area contributed by atoms with Crippen LogP contribution < -0.4 is 4.90 Å². The summed E-state index contributed by atoms with van der Waals surface area (Å²) in [5.41, 5.74) is 0.803. The van der Waals surface area contributed by atoms with E-state index in [0.29, 0.717) is 0 Å². The van der Waals surface area contributed by atoms with Crippen LogP contribution in [0, 0.1) is 7.05 Å². The van der Waals surface area contributed by atoms with Crippen LogP contribution >= 0.6 is 0 Å². The van der Waals surface area contributed by atoms with Crippen molar-refractivity contribution in [2.45, 2.75) is 0 Å². The molecule has 1 aromatic carbocycles. The van der Waals surface area contributed by atoms with Crippen molar-refractivity contribution in [3.05, 3.63) is 37.4 Å². The minimum absolute atomic E-state index is 0.0423. The van der Waals surface area contributed by atoms with Crippen LogP contribution in [-0.4, -0.2) is 14.3 Å². The Kier molecular flexibility index (Phi) is 3.10. The predicted octanol–water partition coefficient (Wildman–Crippen LogP) is 0.853. The second kappa shape index (κ2) is 4.11. The molecule has 0 spiro atoms. The highest BCUT2D eigenvalue weighted by Gasteiger charge is 1.98. The van der Waals surface area contributed by atoms with Crippen LogP contribution in [0.15, 0.2) is 30.3 Å². The molecule has 12 heavy (non-hydrogen) atoms. The highest BCUT2D eigenvalue weighted by atomic mass is 32.2. The van der Waals surface area contributed by atoms with E-state index in [1.807, 2.05) is 30.3 Å². The second-order valence-corrected chi connectivity index (χ2v) is 3.30. The zero-order valence-corrected chi connectivity index (χ0v) is 7.41. The Balaban J connectivity index is 2.71. The molecule has 0 heterocycles. The average molecular weight is 184 g/mol. The Labute approximate surface area is 73.6 Å². The van der Waals surface area contributed by atoms with E-state index in [9.17, 15) is 8.42 Å². The molecule has 1 aromatic rings. The van der Waals surface area contributed by atoms with E-state index >= 15 is 0 Å². The molecule has 0 unspecified atom stereocenters. The number of rotatable bonds is 3. The van der Waals surface area contributed by atoms with Crippen LogP contribution in [0.1, 0.15) is 0 Å². The van der Waals surface area contributed by atoms with Crippen LogP contribution in [0.4, 0.5) is 5.69 Å². The van der Waals surface area contributed by atoms with Crippen molar-refractivity contribution in [3.63, 3.8) is 0 Å². The van der Waals surface area contributed by atoms with Crippen molar-refractivity contribution in [1.29, 1.82) is 0 Å². The summed E-state index contributed by atoms with van der Waals surface area (Å²) >= 11 is 0. The van der Waals surface area contributed by atoms with E-state index in [1.54, 1.807) is 0 Å². The quantitative estimate of drug-likeness (QED) is 0.708. The molecule has 0 amide bonds. The summed E-state index contributed by atoms with van der Waals surface area (Å²) in [7, 11) is 1.20. The second-order valence-electron chi connectivity index (χ2n) is 2.35. The van der Waals surface area contributed by atoms with Gasteiger partial charge in [0.05, 0.1) is 0 Å². The Hall–Kier alpha value is -1.03. The van der Waals surface area contributed by atoms with Gasteiger partial charge in [0, 0.05) is 12.7 Å². The molecule has 0 aliphatic carbocycles. The van der Waals surface area contributed by atoms with Crippen molar-refractivity contribution < 1.29 is 8.42 Å². The van der Waals surface area contributed by atoms with E-state index in [4.69, 9.17) is 0 Å². The monoisotopic (exact) mass is 184 g/mol. The molecular formula is C8H10NO2S. The number of benzene rings is 1. The summed E-state index contributed by atoms with van der Waals surface area (Å²) in [6, 6.07) is 9.17. The van der Waals surface area contributed by atoms with Gasteiger partial charge in [0.1, 0.15) is 5.88 Å². The molecule has 0 saturated carbocycles. The fraction of sp³-hybridized carbons (Fsp3) is 0.125. The van der Waals surface area contributed by atoms with Crippen molar-refractivity contribution in [3.8, 4) is 0 Å². The molecule has 0 atom stereocenters. The van der Waals surface area contributed by atoms with Gasteiger partial charge < -0.3 is 4.90 Å². The summed E-state index contributed by atoms with van der Waals surface area (Å²) in [5, 5.41) is 0. The molecule has 1 radical (unpaired) electrons. The maximum atomic E-state index is 10.3. The van der Waals surface area contributed by atoms with Gasteiger partial charge in [0.25, 0.3) is 0 Å². The lowest BCUT2D eigenvalue weighted by atomic mass is 10.3. The lowest BCUT2D eigenvalue weighted by molar-refractivity contribution is 0.614. The lowest BCUT2D eigenvalue weighted by Gasteiger charge is -2.14. The van der Waals surface area contributed by atoms with Gasteiger partial charge in [0.2, 0.25) is 0 Å². The van der Waals surface area contributed by atoms with Crippen LogP contribution in [0.3, 0.4) is 0 Å². The van der Waals surface area contributed by atoms with E-state index in [1.165, 1.54) is 4.90 Å². The standard InChI is InChI=1S/C8H10NO2S/c1-9(7-12(10)11)8-5-3-2-4-6-8/h2-6,12H,1,7H2. The van der Waals surface area contributed by atoms with Gasteiger partial charge in [-0.05, 0) is 12.1 Å². The maximum absolute atomic E-state index is 10.3. The van der Waals surface area contributed by atoms with Crippen molar-refractivity contribution in [2.24, 2.45) is 0 Å². The number of para-hydroxylation sites is 1. The summed E-state index contributed by atoms with van der Waals surface area (Å²) in [6.07, 6.45) is 0. The fourth-order valence-corrected chi connectivity index (χ4v) is 1.30. The molecule has 0 aliphatic rings. The first kappa shape index (κ1) is 9.06. The third-order valence-corrected chi connectivity index (χ3v) is 1.98. The van der Waals surface area contributed by atoms with Crippen LogP contribution in [0.2, 0.25) is 0 Å².